The Labute approximate surface area is 100 Å². The van der Waals surface area contributed by atoms with Gasteiger partial charge in [-0.2, -0.15) is 0 Å². The molecular weight excluding hydrogens is 218 g/mol. The van der Waals surface area contributed by atoms with E-state index in [9.17, 15) is 15.0 Å². The molecule has 2 N–H and O–H groups in total. The molecule has 1 amide bonds. The summed E-state index contributed by atoms with van der Waals surface area (Å²) < 4.78 is 0. The van der Waals surface area contributed by atoms with Gasteiger partial charge in [0, 0.05) is 24.6 Å². The Bertz CT molecular complexity index is 431. The molecule has 1 fully saturated rings. The highest BCUT2D eigenvalue weighted by molar-refractivity contribution is 5.78. The van der Waals surface area contributed by atoms with Gasteiger partial charge < -0.3 is 15.1 Å². The van der Waals surface area contributed by atoms with Gasteiger partial charge in [-0.05, 0) is 25.0 Å². The van der Waals surface area contributed by atoms with E-state index in [0.29, 0.717) is 12.0 Å². The molecule has 4 nitrogen and oxygen atoms in total. The lowest BCUT2D eigenvalue weighted by molar-refractivity contribution is -0.129. The van der Waals surface area contributed by atoms with Gasteiger partial charge in [-0.1, -0.05) is 6.92 Å². The van der Waals surface area contributed by atoms with Crippen LogP contribution in [-0.4, -0.2) is 27.6 Å². The van der Waals surface area contributed by atoms with E-state index in [-0.39, 0.29) is 23.4 Å². The van der Waals surface area contributed by atoms with Crippen LogP contribution in [0, 0.1) is 0 Å². The first-order chi connectivity index (χ1) is 8.13. The fourth-order valence-electron chi connectivity index (χ4n) is 2.42. The van der Waals surface area contributed by atoms with Crippen LogP contribution in [-0.2, 0) is 4.79 Å². The first kappa shape index (κ1) is 11.8. The Morgan fingerprint density at radius 3 is 2.71 bits per heavy atom. The number of carbonyl (C=O) groups excluding carboxylic acids is 1. The number of aromatic hydroxyl groups is 2. The molecule has 1 aliphatic rings. The maximum Gasteiger partial charge on any atom is 0.223 e. The molecule has 1 saturated heterocycles. The number of phenols is 2. The molecule has 1 aromatic carbocycles. The minimum Gasteiger partial charge on any atom is -0.508 e. The Hall–Kier alpha value is -1.71. The quantitative estimate of drug-likeness (QED) is 0.844. The lowest BCUT2D eigenvalue weighted by Gasteiger charge is -2.27. The number of hydrogen-bond donors (Lipinski definition) is 2. The highest BCUT2D eigenvalue weighted by Gasteiger charge is 2.29. The van der Waals surface area contributed by atoms with Crippen LogP contribution in [0.15, 0.2) is 18.2 Å². The van der Waals surface area contributed by atoms with E-state index in [1.54, 1.807) is 6.07 Å². The molecule has 0 saturated carbocycles. The molecule has 1 aliphatic heterocycles. The molecule has 0 aromatic heterocycles. The zero-order valence-corrected chi connectivity index (χ0v) is 9.89. The fraction of sp³-hybridized carbons (Fsp3) is 0.462. The summed E-state index contributed by atoms with van der Waals surface area (Å²) >= 11 is 0. The van der Waals surface area contributed by atoms with Crippen LogP contribution < -0.4 is 0 Å². The largest absolute Gasteiger partial charge is 0.508 e. The molecular formula is C13H17NO3. The topological polar surface area (TPSA) is 60.8 Å². The molecule has 1 aromatic rings. The summed E-state index contributed by atoms with van der Waals surface area (Å²) in [5, 5.41) is 19.1. The highest BCUT2D eigenvalue weighted by Crippen LogP contribution is 2.35. The van der Waals surface area contributed by atoms with E-state index in [1.165, 1.54) is 12.1 Å². The number of benzene rings is 1. The number of nitrogens with zero attached hydrogens (tertiary/aromatic N) is 1. The van der Waals surface area contributed by atoms with Crippen molar-refractivity contribution in [2.24, 2.45) is 0 Å². The average molecular weight is 235 g/mol. The number of rotatable bonds is 3. The number of amides is 1. The summed E-state index contributed by atoms with van der Waals surface area (Å²) in [4.78, 5) is 13.5. The van der Waals surface area contributed by atoms with Gasteiger partial charge in [-0.25, -0.2) is 0 Å². The van der Waals surface area contributed by atoms with Gasteiger partial charge in [0.2, 0.25) is 5.91 Å². The minimum absolute atomic E-state index is 0.0360. The summed E-state index contributed by atoms with van der Waals surface area (Å²) in [5.41, 5.74) is 0.709. The second kappa shape index (κ2) is 4.65. The maximum atomic E-state index is 11.7. The standard InChI is InChI=1S/C13H17NO3/c1-2-11(14-7-3-4-13(14)17)10-6-5-9(15)8-12(10)16/h5-6,8,11,15-16H,2-4,7H2,1H3. The van der Waals surface area contributed by atoms with Crippen molar-refractivity contribution >= 4 is 5.91 Å². The monoisotopic (exact) mass is 235 g/mol. The van der Waals surface area contributed by atoms with Crippen LogP contribution >= 0.6 is 0 Å². The van der Waals surface area contributed by atoms with Gasteiger partial charge in [0.25, 0.3) is 0 Å². The predicted molar refractivity (Wildman–Crippen MR) is 63.8 cm³/mol. The Morgan fingerprint density at radius 1 is 1.41 bits per heavy atom. The SMILES string of the molecule is CCC(c1ccc(O)cc1O)N1CCCC1=O. The lowest BCUT2D eigenvalue weighted by Crippen LogP contribution is -2.29. The lowest BCUT2D eigenvalue weighted by atomic mass is 10.0. The molecule has 1 heterocycles. The van der Waals surface area contributed by atoms with E-state index in [4.69, 9.17) is 0 Å². The molecule has 0 aliphatic carbocycles. The number of hydrogen-bond acceptors (Lipinski definition) is 3. The van der Waals surface area contributed by atoms with Crippen LogP contribution in [0.3, 0.4) is 0 Å². The molecule has 0 spiro atoms. The molecule has 0 radical (unpaired) electrons. The van der Waals surface area contributed by atoms with Gasteiger partial charge in [-0.3, -0.25) is 4.79 Å². The van der Waals surface area contributed by atoms with Crippen LogP contribution in [0.25, 0.3) is 0 Å². The van der Waals surface area contributed by atoms with Crippen molar-refractivity contribution in [1.29, 1.82) is 0 Å². The third-order valence-electron chi connectivity index (χ3n) is 3.25. The number of likely N-dealkylation sites (tertiary alicyclic amines) is 1. The van der Waals surface area contributed by atoms with Crippen molar-refractivity contribution in [1.82, 2.24) is 4.90 Å². The molecule has 1 atom stereocenters. The Morgan fingerprint density at radius 2 is 2.18 bits per heavy atom. The Balaban J connectivity index is 2.31. The predicted octanol–water partition coefficient (Wildman–Crippen LogP) is 2.17. The molecule has 0 bridgehead atoms. The summed E-state index contributed by atoms with van der Waals surface area (Å²) in [5.74, 6) is 0.231. The molecule has 92 valence electrons. The zero-order valence-electron chi connectivity index (χ0n) is 9.89. The van der Waals surface area contributed by atoms with Gasteiger partial charge in [0.05, 0.1) is 6.04 Å². The smallest absolute Gasteiger partial charge is 0.223 e. The summed E-state index contributed by atoms with van der Waals surface area (Å²) in [6, 6.07) is 4.45. The van der Waals surface area contributed by atoms with Crippen LogP contribution in [0.1, 0.15) is 37.8 Å². The third kappa shape index (κ3) is 2.20. The van der Waals surface area contributed by atoms with Gasteiger partial charge in [0.1, 0.15) is 11.5 Å². The van der Waals surface area contributed by atoms with Crippen LogP contribution in [0.4, 0.5) is 0 Å². The van der Waals surface area contributed by atoms with Crippen LogP contribution in [0.2, 0.25) is 0 Å². The van der Waals surface area contributed by atoms with Crippen molar-refractivity contribution in [2.75, 3.05) is 6.54 Å². The zero-order chi connectivity index (χ0) is 12.4. The van der Waals surface area contributed by atoms with E-state index in [2.05, 4.69) is 0 Å². The normalized spacial score (nSPS) is 17.5. The summed E-state index contributed by atoms with van der Waals surface area (Å²) in [6.07, 6.45) is 2.23. The van der Waals surface area contributed by atoms with E-state index in [0.717, 1.165) is 19.4 Å². The molecule has 2 rings (SSSR count). The Kier molecular flexibility index (Phi) is 3.22. The molecule has 1 unspecified atom stereocenters. The summed E-state index contributed by atoms with van der Waals surface area (Å²) in [6.45, 7) is 2.74. The maximum absolute atomic E-state index is 11.7. The van der Waals surface area contributed by atoms with E-state index >= 15 is 0 Å². The average Bonchev–Trinajstić information content (AvgIpc) is 2.69. The minimum atomic E-state index is -0.0920. The third-order valence-corrected chi connectivity index (χ3v) is 3.25. The van der Waals surface area contributed by atoms with Crippen molar-refractivity contribution in [3.8, 4) is 11.5 Å². The van der Waals surface area contributed by atoms with Gasteiger partial charge in [-0.15, -0.1) is 0 Å². The van der Waals surface area contributed by atoms with E-state index in [1.807, 2.05) is 11.8 Å². The van der Waals surface area contributed by atoms with Crippen molar-refractivity contribution in [3.05, 3.63) is 23.8 Å². The first-order valence-corrected chi connectivity index (χ1v) is 5.94. The second-order valence-electron chi connectivity index (χ2n) is 4.36. The van der Waals surface area contributed by atoms with Crippen molar-refractivity contribution in [3.63, 3.8) is 0 Å². The number of phenolic OH excluding ortho intramolecular Hbond substituents is 2. The van der Waals surface area contributed by atoms with Crippen molar-refractivity contribution in [2.45, 2.75) is 32.2 Å². The summed E-state index contributed by atoms with van der Waals surface area (Å²) in [7, 11) is 0. The number of carbonyl (C=O) groups is 1. The molecule has 17 heavy (non-hydrogen) atoms. The highest BCUT2D eigenvalue weighted by atomic mass is 16.3. The van der Waals surface area contributed by atoms with Gasteiger partial charge in [0.15, 0.2) is 0 Å². The molecule has 4 heteroatoms. The first-order valence-electron chi connectivity index (χ1n) is 5.94. The van der Waals surface area contributed by atoms with E-state index < -0.39 is 0 Å². The fourth-order valence-corrected chi connectivity index (χ4v) is 2.42. The van der Waals surface area contributed by atoms with Crippen LogP contribution in [0.5, 0.6) is 11.5 Å². The van der Waals surface area contributed by atoms with Gasteiger partial charge >= 0.3 is 0 Å². The van der Waals surface area contributed by atoms with Crippen molar-refractivity contribution < 1.29 is 15.0 Å². The second-order valence-corrected chi connectivity index (χ2v) is 4.36.